The second kappa shape index (κ2) is 8.68. The van der Waals surface area contributed by atoms with Crippen molar-refractivity contribution < 1.29 is 19.5 Å². The summed E-state index contributed by atoms with van der Waals surface area (Å²) in [6.07, 6.45) is 2.10. The molecule has 0 atom stereocenters. The monoisotopic (exact) mass is 203 g/mol. The zero-order chi connectivity index (χ0) is 10.8. The molecule has 82 valence electrons. The lowest BCUT2D eigenvalue weighted by atomic mass is 10.2. The number of ether oxygens (including phenoxy) is 1. The van der Waals surface area contributed by atoms with Crippen molar-refractivity contribution in [2.75, 3.05) is 26.9 Å². The van der Waals surface area contributed by atoms with E-state index in [4.69, 9.17) is 14.7 Å². The van der Waals surface area contributed by atoms with Crippen LogP contribution in [-0.2, 0) is 14.4 Å². The SMILES string of the molecule is CCC(=CCNOCCOC)C(=O)O. The normalized spacial score (nSPS) is 11.7. The number of carboxylic acid groups (broad SMARTS) is 1. The smallest absolute Gasteiger partial charge is 0.331 e. The molecule has 0 aromatic carbocycles. The van der Waals surface area contributed by atoms with E-state index in [9.17, 15) is 4.79 Å². The second-order valence-electron chi connectivity index (χ2n) is 2.58. The lowest BCUT2D eigenvalue weighted by Gasteiger charge is -2.03. The van der Waals surface area contributed by atoms with E-state index < -0.39 is 5.97 Å². The van der Waals surface area contributed by atoms with Crippen molar-refractivity contribution >= 4 is 5.97 Å². The summed E-state index contributed by atoms with van der Waals surface area (Å²) in [6, 6.07) is 0. The van der Waals surface area contributed by atoms with Gasteiger partial charge in [-0.05, 0) is 6.42 Å². The predicted octanol–water partition coefficient (Wildman–Crippen LogP) is 0.575. The summed E-state index contributed by atoms with van der Waals surface area (Å²) in [5.74, 6) is -0.883. The molecule has 0 aliphatic carbocycles. The maximum atomic E-state index is 10.5. The van der Waals surface area contributed by atoms with Crippen molar-refractivity contribution in [3.63, 3.8) is 0 Å². The van der Waals surface area contributed by atoms with E-state index in [0.29, 0.717) is 31.8 Å². The minimum absolute atomic E-state index is 0.382. The third-order valence-electron chi connectivity index (χ3n) is 1.58. The molecule has 0 aromatic rings. The van der Waals surface area contributed by atoms with Crippen LogP contribution < -0.4 is 5.48 Å². The summed E-state index contributed by atoms with van der Waals surface area (Å²) in [6.45, 7) is 3.14. The largest absolute Gasteiger partial charge is 0.478 e. The van der Waals surface area contributed by atoms with Gasteiger partial charge in [-0.2, -0.15) is 5.48 Å². The van der Waals surface area contributed by atoms with Crippen molar-refractivity contribution in [3.05, 3.63) is 11.6 Å². The van der Waals surface area contributed by atoms with Gasteiger partial charge < -0.3 is 9.84 Å². The molecule has 0 aromatic heterocycles. The van der Waals surface area contributed by atoms with E-state index in [1.54, 1.807) is 20.1 Å². The zero-order valence-corrected chi connectivity index (χ0v) is 8.58. The van der Waals surface area contributed by atoms with Crippen LogP contribution in [-0.4, -0.2) is 37.9 Å². The van der Waals surface area contributed by atoms with Crippen molar-refractivity contribution in [2.45, 2.75) is 13.3 Å². The number of rotatable bonds is 8. The summed E-state index contributed by atoms with van der Waals surface area (Å²) >= 11 is 0. The Kier molecular flexibility index (Phi) is 8.11. The fourth-order valence-corrected chi connectivity index (χ4v) is 0.804. The number of carboxylic acids is 1. The van der Waals surface area contributed by atoms with Gasteiger partial charge in [0.15, 0.2) is 0 Å². The van der Waals surface area contributed by atoms with E-state index in [1.807, 2.05) is 0 Å². The van der Waals surface area contributed by atoms with Gasteiger partial charge in [-0.3, -0.25) is 4.84 Å². The van der Waals surface area contributed by atoms with Crippen LogP contribution in [0.15, 0.2) is 11.6 Å². The first-order valence-corrected chi connectivity index (χ1v) is 4.48. The molecule has 0 amide bonds. The average molecular weight is 203 g/mol. The van der Waals surface area contributed by atoms with Gasteiger partial charge in [0.2, 0.25) is 0 Å². The summed E-state index contributed by atoms with van der Waals surface area (Å²) in [5.41, 5.74) is 3.00. The molecule has 0 unspecified atom stereocenters. The van der Waals surface area contributed by atoms with Gasteiger partial charge in [-0.25, -0.2) is 4.79 Å². The summed E-state index contributed by atoms with van der Waals surface area (Å²) in [5, 5.41) is 8.66. The lowest BCUT2D eigenvalue weighted by Crippen LogP contribution is -2.18. The van der Waals surface area contributed by atoms with Crippen LogP contribution in [0.3, 0.4) is 0 Å². The summed E-state index contributed by atoms with van der Waals surface area (Å²) < 4.78 is 4.75. The van der Waals surface area contributed by atoms with Crippen LogP contribution in [0.4, 0.5) is 0 Å². The highest BCUT2D eigenvalue weighted by Crippen LogP contribution is 1.98. The van der Waals surface area contributed by atoms with Crippen molar-refractivity contribution in [1.29, 1.82) is 0 Å². The van der Waals surface area contributed by atoms with Crippen molar-refractivity contribution in [2.24, 2.45) is 0 Å². The van der Waals surface area contributed by atoms with E-state index in [1.165, 1.54) is 0 Å². The predicted molar refractivity (Wildman–Crippen MR) is 51.8 cm³/mol. The molecule has 0 saturated carbocycles. The van der Waals surface area contributed by atoms with Gasteiger partial charge in [0.05, 0.1) is 13.2 Å². The van der Waals surface area contributed by atoms with Crippen LogP contribution in [0.2, 0.25) is 0 Å². The van der Waals surface area contributed by atoms with E-state index in [0.717, 1.165) is 0 Å². The highest BCUT2D eigenvalue weighted by atomic mass is 16.7. The molecule has 0 saturated heterocycles. The molecule has 0 fully saturated rings. The van der Waals surface area contributed by atoms with Gasteiger partial charge in [0, 0.05) is 19.2 Å². The van der Waals surface area contributed by atoms with E-state index in [2.05, 4.69) is 5.48 Å². The molecule has 0 spiro atoms. The quantitative estimate of drug-likeness (QED) is 0.343. The Labute approximate surface area is 83.7 Å². The Morgan fingerprint density at radius 2 is 2.21 bits per heavy atom. The topological polar surface area (TPSA) is 67.8 Å². The maximum Gasteiger partial charge on any atom is 0.331 e. The molecule has 0 radical (unpaired) electrons. The number of hydrogen-bond acceptors (Lipinski definition) is 4. The fourth-order valence-electron chi connectivity index (χ4n) is 0.804. The second-order valence-corrected chi connectivity index (χ2v) is 2.58. The molecule has 0 aliphatic rings. The van der Waals surface area contributed by atoms with Crippen LogP contribution in [0, 0.1) is 0 Å². The highest BCUT2D eigenvalue weighted by molar-refractivity contribution is 5.86. The molecule has 0 aliphatic heterocycles. The van der Waals surface area contributed by atoms with Crippen molar-refractivity contribution in [3.8, 4) is 0 Å². The lowest BCUT2D eigenvalue weighted by molar-refractivity contribution is -0.132. The Morgan fingerprint density at radius 1 is 1.50 bits per heavy atom. The third kappa shape index (κ3) is 6.59. The van der Waals surface area contributed by atoms with Crippen molar-refractivity contribution in [1.82, 2.24) is 5.48 Å². The first-order valence-electron chi connectivity index (χ1n) is 4.48. The van der Waals surface area contributed by atoms with Crippen LogP contribution in [0.5, 0.6) is 0 Å². The standard InChI is InChI=1S/C9H17NO4/c1-3-8(9(11)12)4-5-10-14-7-6-13-2/h4,10H,3,5-7H2,1-2H3,(H,11,12). The molecule has 5 nitrogen and oxygen atoms in total. The van der Waals surface area contributed by atoms with Crippen LogP contribution in [0.25, 0.3) is 0 Å². The number of hydrogen-bond donors (Lipinski definition) is 2. The molecule has 2 N–H and O–H groups in total. The Hall–Kier alpha value is -0.910. The fraction of sp³-hybridized carbons (Fsp3) is 0.667. The number of methoxy groups -OCH3 is 1. The Bertz CT molecular complexity index is 191. The molecular formula is C9H17NO4. The number of hydroxylamine groups is 1. The zero-order valence-electron chi connectivity index (χ0n) is 8.58. The van der Waals surface area contributed by atoms with Gasteiger partial charge in [0.25, 0.3) is 0 Å². The molecular weight excluding hydrogens is 186 g/mol. The van der Waals surface area contributed by atoms with Gasteiger partial charge in [-0.15, -0.1) is 0 Å². The highest BCUT2D eigenvalue weighted by Gasteiger charge is 2.02. The van der Waals surface area contributed by atoms with E-state index in [-0.39, 0.29) is 0 Å². The number of aliphatic carboxylic acids is 1. The molecule has 5 heteroatoms. The number of carbonyl (C=O) groups is 1. The van der Waals surface area contributed by atoms with Crippen LogP contribution >= 0.6 is 0 Å². The Balaban J connectivity index is 3.53. The third-order valence-corrected chi connectivity index (χ3v) is 1.58. The molecule has 0 bridgehead atoms. The first kappa shape index (κ1) is 13.1. The first-order chi connectivity index (χ1) is 6.72. The van der Waals surface area contributed by atoms with Gasteiger partial charge in [-0.1, -0.05) is 13.0 Å². The Morgan fingerprint density at radius 3 is 2.71 bits per heavy atom. The van der Waals surface area contributed by atoms with Crippen LogP contribution in [0.1, 0.15) is 13.3 Å². The molecule has 0 rings (SSSR count). The van der Waals surface area contributed by atoms with Gasteiger partial charge >= 0.3 is 5.97 Å². The summed E-state index contributed by atoms with van der Waals surface area (Å²) in [7, 11) is 1.59. The maximum absolute atomic E-state index is 10.5. The van der Waals surface area contributed by atoms with Gasteiger partial charge in [0.1, 0.15) is 0 Å². The minimum Gasteiger partial charge on any atom is -0.478 e. The number of nitrogens with one attached hydrogen (secondary N) is 1. The molecule has 0 heterocycles. The minimum atomic E-state index is -0.883. The average Bonchev–Trinajstić information content (AvgIpc) is 2.16. The summed E-state index contributed by atoms with van der Waals surface area (Å²) in [4.78, 5) is 15.5. The molecule has 14 heavy (non-hydrogen) atoms. The van der Waals surface area contributed by atoms with E-state index >= 15 is 0 Å².